The first-order valence-corrected chi connectivity index (χ1v) is 10.4. The van der Waals surface area contributed by atoms with Crippen LogP contribution in [0.4, 0.5) is 4.79 Å². The largest absolute Gasteiger partial charge is 0.508 e. The average molecular weight is 492 g/mol. The van der Waals surface area contributed by atoms with Crippen molar-refractivity contribution >= 4 is 29.8 Å². The first-order valence-electron chi connectivity index (χ1n) is 10.4. The van der Waals surface area contributed by atoms with E-state index in [9.17, 15) is 34.3 Å². The van der Waals surface area contributed by atoms with Gasteiger partial charge in [0.2, 0.25) is 17.7 Å². The van der Waals surface area contributed by atoms with Gasteiger partial charge in [-0.1, -0.05) is 12.1 Å². The van der Waals surface area contributed by atoms with E-state index in [0.717, 1.165) is 12.0 Å². The molecule has 1 rings (SSSR count). The predicted octanol–water partition coefficient (Wildman–Crippen LogP) is -0.157. The lowest BCUT2D eigenvalue weighted by Gasteiger charge is -2.32. The maximum Gasteiger partial charge on any atom is 0.408 e. The summed E-state index contributed by atoms with van der Waals surface area (Å²) in [6, 6.07) is 3.89. The zero-order valence-corrected chi connectivity index (χ0v) is 19.9. The third-order valence-corrected chi connectivity index (χ3v) is 4.32. The Morgan fingerprint density at radius 1 is 1.17 bits per heavy atom. The normalized spacial score (nSPS) is 12.3. The number of phenolic OH excluding ortho intramolecular Hbond substituents is 1. The van der Waals surface area contributed by atoms with Gasteiger partial charge in [-0.2, -0.15) is 5.26 Å². The van der Waals surface area contributed by atoms with Crippen LogP contribution in [0.15, 0.2) is 24.3 Å². The zero-order chi connectivity index (χ0) is 26.8. The second kappa shape index (κ2) is 12.8. The second-order valence-electron chi connectivity index (χ2n) is 8.28. The number of nitrogens with one attached hydrogen (secondary N) is 2. The van der Waals surface area contributed by atoms with Crippen molar-refractivity contribution in [2.45, 2.75) is 44.9 Å². The molecule has 190 valence electrons. The highest BCUT2D eigenvalue weighted by atomic mass is 16.6. The molecule has 2 unspecified atom stereocenters. The fourth-order valence-electron chi connectivity index (χ4n) is 2.88. The summed E-state index contributed by atoms with van der Waals surface area (Å²) < 4.78 is 9.62. The van der Waals surface area contributed by atoms with Gasteiger partial charge >= 0.3 is 12.1 Å². The molecule has 0 bridgehead atoms. The van der Waals surface area contributed by atoms with Crippen molar-refractivity contribution in [3.05, 3.63) is 29.8 Å². The SMILES string of the molecule is COC(=O)CNC(=O)C(c1ccc(O)cc1)N(CC#N)C(=O)C(CC(N)=O)NC(=O)OC(C)(C)C. The van der Waals surface area contributed by atoms with Crippen LogP contribution in [-0.4, -0.2) is 71.6 Å². The number of carbonyl (C=O) groups excluding carboxylic acids is 5. The zero-order valence-electron chi connectivity index (χ0n) is 19.9. The van der Waals surface area contributed by atoms with E-state index in [1.165, 1.54) is 24.3 Å². The molecule has 2 atom stereocenters. The highest BCUT2D eigenvalue weighted by Gasteiger charge is 2.37. The van der Waals surface area contributed by atoms with E-state index in [-0.39, 0.29) is 11.3 Å². The number of carbonyl (C=O) groups is 5. The quantitative estimate of drug-likeness (QED) is 0.253. The Balaban J connectivity index is 3.41. The summed E-state index contributed by atoms with van der Waals surface area (Å²) in [5.41, 5.74) is 4.50. The number of hydrogen-bond donors (Lipinski definition) is 4. The summed E-state index contributed by atoms with van der Waals surface area (Å²) in [7, 11) is 1.12. The van der Waals surface area contributed by atoms with Crippen molar-refractivity contribution in [1.29, 1.82) is 5.26 Å². The number of hydrogen-bond acceptors (Lipinski definition) is 9. The van der Waals surface area contributed by atoms with Gasteiger partial charge in [0, 0.05) is 0 Å². The van der Waals surface area contributed by atoms with Gasteiger partial charge in [-0.15, -0.1) is 0 Å². The van der Waals surface area contributed by atoms with Gasteiger partial charge in [-0.3, -0.25) is 19.2 Å². The number of phenols is 1. The smallest absolute Gasteiger partial charge is 0.408 e. The van der Waals surface area contributed by atoms with Crippen molar-refractivity contribution in [3.8, 4) is 11.8 Å². The Hall–Kier alpha value is -4.34. The van der Waals surface area contributed by atoms with Crippen LogP contribution in [0.25, 0.3) is 0 Å². The summed E-state index contributed by atoms with van der Waals surface area (Å²) in [4.78, 5) is 62.7. The molecule has 0 fully saturated rings. The van der Waals surface area contributed by atoms with Crippen LogP contribution in [-0.2, 0) is 28.7 Å². The molecule has 1 aromatic rings. The van der Waals surface area contributed by atoms with E-state index in [2.05, 4.69) is 15.4 Å². The van der Waals surface area contributed by atoms with E-state index in [1.54, 1.807) is 26.8 Å². The topological polar surface area (TPSA) is 201 Å². The molecule has 1 aromatic carbocycles. The van der Waals surface area contributed by atoms with E-state index in [1.807, 2.05) is 0 Å². The molecule has 4 amide bonds. The number of methoxy groups -OCH3 is 1. The Bertz CT molecular complexity index is 981. The van der Waals surface area contributed by atoms with Crippen LogP contribution >= 0.6 is 0 Å². The van der Waals surface area contributed by atoms with Crippen molar-refractivity contribution in [3.63, 3.8) is 0 Å². The molecule has 35 heavy (non-hydrogen) atoms. The Labute approximate surface area is 202 Å². The minimum atomic E-state index is -1.57. The molecule has 0 saturated carbocycles. The molecule has 0 heterocycles. The molecule has 0 aliphatic heterocycles. The number of rotatable bonds is 10. The lowest BCUT2D eigenvalue weighted by molar-refractivity contribution is -0.144. The third-order valence-electron chi connectivity index (χ3n) is 4.32. The van der Waals surface area contributed by atoms with Gasteiger partial charge in [0.1, 0.15) is 36.5 Å². The number of alkyl carbamates (subject to hydrolysis) is 1. The van der Waals surface area contributed by atoms with Gasteiger partial charge in [-0.05, 0) is 38.5 Å². The van der Waals surface area contributed by atoms with Gasteiger partial charge in [0.05, 0.1) is 19.6 Å². The Morgan fingerprint density at radius 3 is 2.26 bits per heavy atom. The number of ether oxygens (including phenoxy) is 2. The molecular weight excluding hydrogens is 462 g/mol. The number of primary amides is 1. The lowest BCUT2D eigenvalue weighted by Crippen LogP contribution is -2.54. The predicted molar refractivity (Wildman–Crippen MR) is 120 cm³/mol. The first kappa shape index (κ1) is 28.7. The van der Waals surface area contributed by atoms with Gasteiger partial charge in [0.15, 0.2) is 0 Å². The van der Waals surface area contributed by atoms with Crippen LogP contribution in [0.5, 0.6) is 5.75 Å². The van der Waals surface area contributed by atoms with Gasteiger partial charge in [0.25, 0.3) is 0 Å². The number of amides is 4. The highest BCUT2D eigenvalue weighted by Crippen LogP contribution is 2.24. The minimum Gasteiger partial charge on any atom is -0.508 e. The molecule has 5 N–H and O–H groups in total. The van der Waals surface area contributed by atoms with Crippen LogP contribution in [0.3, 0.4) is 0 Å². The average Bonchev–Trinajstić information content (AvgIpc) is 2.75. The fraction of sp³-hybridized carbons (Fsp3) is 0.455. The molecule has 0 aliphatic carbocycles. The summed E-state index contributed by atoms with van der Waals surface area (Å²) in [6.45, 7) is 3.60. The van der Waals surface area contributed by atoms with Crippen LogP contribution in [0.2, 0.25) is 0 Å². The van der Waals surface area contributed by atoms with Gasteiger partial charge in [-0.25, -0.2) is 4.79 Å². The maximum atomic E-state index is 13.4. The van der Waals surface area contributed by atoms with E-state index in [0.29, 0.717) is 0 Å². The van der Waals surface area contributed by atoms with Crippen molar-refractivity contribution < 1.29 is 38.6 Å². The first-order chi connectivity index (χ1) is 16.3. The third kappa shape index (κ3) is 9.58. The molecule has 13 nitrogen and oxygen atoms in total. The van der Waals surface area contributed by atoms with Crippen LogP contribution < -0.4 is 16.4 Å². The minimum absolute atomic E-state index is 0.126. The van der Waals surface area contributed by atoms with E-state index < -0.39 is 67.0 Å². The van der Waals surface area contributed by atoms with Crippen molar-refractivity contribution in [2.24, 2.45) is 5.73 Å². The standard InChI is InChI=1S/C22H29N5O8/c1-22(2,3)35-21(33)26-15(11-16(24)29)20(32)27(10-9-23)18(13-5-7-14(28)8-6-13)19(31)25-12-17(30)34-4/h5-8,15,18,28H,10-12H2,1-4H3,(H2,24,29)(H,25,31)(H,26,33). The van der Waals surface area contributed by atoms with Crippen molar-refractivity contribution in [2.75, 3.05) is 20.2 Å². The van der Waals surface area contributed by atoms with E-state index in [4.69, 9.17) is 10.5 Å². The molecular formula is C22H29N5O8. The monoisotopic (exact) mass is 491 g/mol. The molecule has 0 aromatic heterocycles. The summed E-state index contributed by atoms with van der Waals surface area (Å²) in [6.07, 6.45) is -1.67. The fourth-order valence-corrected chi connectivity index (χ4v) is 2.88. The molecule has 0 saturated heterocycles. The lowest BCUT2D eigenvalue weighted by atomic mass is 10.0. The number of esters is 1. The Kier molecular flexibility index (Phi) is 10.5. The maximum absolute atomic E-state index is 13.4. The molecule has 13 heteroatoms. The van der Waals surface area contributed by atoms with Crippen molar-refractivity contribution in [1.82, 2.24) is 15.5 Å². The van der Waals surface area contributed by atoms with E-state index >= 15 is 0 Å². The summed E-state index contributed by atoms with van der Waals surface area (Å²) in [5, 5.41) is 23.5. The number of nitrogens with two attached hydrogens (primary N) is 1. The van der Waals surface area contributed by atoms with Crippen LogP contribution in [0, 0.1) is 11.3 Å². The Morgan fingerprint density at radius 2 is 1.77 bits per heavy atom. The number of aromatic hydroxyl groups is 1. The molecule has 0 aliphatic rings. The molecule has 0 radical (unpaired) electrons. The number of benzene rings is 1. The van der Waals surface area contributed by atoms with Crippen LogP contribution in [0.1, 0.15) is 38.8 Å². The summed E-state index contributed by atoms with van der Waals surface area (Å²) >= 11 is 0. The number of nitriles is 1. The summed E-state index contributed by atoms with van der Waals surface area (Å²) in [5.74, 6) is -3.67. The van der Waals surface area contributed by atoms with Gasteiger partial charge < -0.3 is 35.8 Å². The second-order valence-corrected chi connectivity index (χ2v) is 8.28. The molecule has 0 spiro atoms. The number of nitrogens with zero attached hydrogens (tertiary/aromatic N) is 2. The highest BCUT2D eigenvalue weighted by molar-refractivity contribution is 5.95.